The lowest BCUT2D eigenvalue weighted by Gasteiger charge is -2.05. The summed E-state index contributed by atoms with van der Waals surface area (Å²) in [7, 11) is 0. The van der Waals surface area contributed by atoms with E-state index in [9.17, 15) is 14.7 Å². The van der Waals surface area contributed by atoms with Crippen LogP contribution in [0.1, 0.15) is 22.5 Å². The summed E-state index contributed by atoms with van der Waals surface area (Å²) < 4.78 is 1.14. The van der Waals surface area contributed by atoms with Gasteiger partial charge in [-0.15, -0.1) is 0 Å². The van der Waals surface area contributed by atoms with Gasteiger partial charge in [-0.05, 0) is 42.3 Å². The molecule has 3 N–H and O–H groups in total. The molecular formula is C20H18N2O7. The standard InChI is InChI=1S/C20H18N2O7/c23-15-5-1-3-13(9-15)7-8-16(24)12-22-19(20(25)29-27)11-18(21-22)14-4-2-6-17(10-14)28-26/h1-6,9-11,23,26-27H,7-8,12H2. The number of nitrogens with zero attached hydrogens (tertiary/aromatic N) is 2. The summed E-state index contributed by atoms with van der Waals surface area (Å²) in [5.41, 5.74) is 1.54. The molecule has 29 heavy (non-hydrogen) atoms. The van der Waals surface area contributed by atoms with Gasteiger partial charge in [0, 0.05) is 12.0 Å². The number of Topliss-reactive ketones (excluding diaryl/α,β-unsaturated/α-hetero) is 1. The second-order valence-corrected chi connectivity index (χ2v) is 6.28. The third kappa shape index (κ3) is 4.98. The SMILES string of the molecule is O=C(CCc1cccc(O)c1)Cn1nc(-c2cccc(OO)c2)cc1C(=O)OO. The molecule has 9 nitrogen and oxygen atoms in total. The van der Waals surface area contributed by atoms with Gasteiger partial charge in [0.15, 0.2) is 17.2 Å². The van der Waals surface area contributed by atoms with Crippen molar-refractivity contribution in [2.24, 2.45) is 0 Å². The van der Waals surface area contributed by atoms with Crippen LogP contribution in [0.5, 0.6) is 11.5 Å². The van der Waals surface area contributed by atoms with Gasteiger partial charge in [0.2, 0.25) is 0 Å². The molecule has 3 aromatic rings. The first-order valence-corrected chi connectivity index (χ1v) is 8.65. The smallest absolute Gasteiger partial charge is 0.390 e. The van der Waals surface area contributed by atoms with Crippen LogP contribution in [0, 0.1) is 0 Å². The van der Waals surface area contributed by atoms with Crippen molar-refractivity contribution in [3.63, 3.8) is 0 Å². The largest absolute Gasteiger partial charge is 0.508 e. The van der Waals surface area contributed by atoms with Crippen LogP contribution in [-0.4, -0.2) is 37.2 Å². The first-order valence-electron chi connectivity index (χ1n) is 8.65. The van der Waals surface area contributed by atoms with Crippen molar-refractivity contribution in [2.45, 2.75) is 19.4 Å². The summed E-state index contributed by atoms with van der Waals surface area (Å²) in [4.78, 5) is 32.2. The molecule has 3 rings (SSSR count). The van der Waals surface area contributed by atoms with Crippen molar-refractivity contribution in [2.75, 3.05) is 0 Å². The minimum Gasteiger partial charge on any atom is -0.508 e. The van der Waals surface area contributed by atoms with E-state index in [1.807, 2.05) is 0 Å². The zero-order valence-corrected chi connectivity index (χ0v) is 15.2. The molecular weight excluding hydrogens is 380 g/mol. The predicted molar refractivity (Wildman–Crippen MR) is 100 cm³/mol. The molecule has 0 bridgehead atoms. The second-order valence-electron chi connectivity index (χ2n) is 6.28. The number of rotatable bonds is 8. The number of hydrogen-bond acceptors (Lipinski definition) is 8. The van der Waals surface area contributed by atoms with Gasteiger partial charge in [0.05, 0.1) is 5.69 Å². The maximum atomic E-state index is 12.4. The topological polar surface area (TPSA) is 131 Å². The fraction of sp³-hybridized carbons (Fsp3) is 0.150. The normalized spacial score (nSPS) is 10.6. The van der Waals surface area contributed by atoms with Crippen LogP contribution in [-0.2, 0) is 22.6 Å². The molecule has 9 heteroatoms. The summed E-state index contributed by atoms with van der Waals surface area (Å²) in [6, 6.07) is 14.3. The first kappa shape index (κ1) is 20.1. The van der Waals surface area contributed by atoms with Crippen LogP contribution in [0.25, 0.3) is 11.3 Å². The molecule has 0 saturated heterocycles. The number of ketones is 1. The maximum Gasteiger partial charge on any atom is 0.390 e. The Morgan fingerprint density at radius 2 is 1.83 bits per heavy atom. The quantitative estimate of drug-likeness (QED) is 0.390. The number of carbonyl (C=O) groups excluding carboxylic acids is 2. The monoisotopic (exact) mass is 398 g/mol. The number of hydrogen-bond donors (Lipinski definition) is 3. The highest BCUT2D eigenvalue weighted by molar-refractivity contribution is 5.89. The summed E-state index contributed by atoms with van der Waals surface area (Å²) >= 11 is 0. The molecule has 0 amide bonds. The van der Waals surface area contributed by atoms with Crippen molar-refractivity contribution >= 4 is 11.8 Å². The minimum absolute atomic E-state index is 0.108. The summed E-state index contributed by atoms with van der Waals surface area (Å²) in [5.74, 6) is -0.972. The Morgan fingerprint density at radius 1 is 1.03 bits per heavy atom. The van der Waals surface area contributed by atoms with E-state index < -0.39 is 5.97 Å². The molecule has 150 valence electrons. The first-order chi connectivity index (χ1) is 14.0. The van der Waals surface area contributed by atoms with Gasteiger partial charge >= 0.3 is 5.97 Å². The molecule has 0 atom stereocenters. The van der Waals surface area contributed by atoms with Gasteiger partial charge < -0.3 is 9.99 Å². The molecule has 1 heterocycles. The number of carbonyl (C=O) groups is 2. The highest BCUT2D eigenvalue weighted by Gasteiger charge is 2.20. The average molecular weight is 398 g/mol. The second kappa shape index (κ2) is 9.00. The highest BCUT2D eigenvalue weighted by Crippen LogP contribution is 2.24. The van der Waals surface area contributed by atoms with E-state index in [1.54, 1.807) is 36.4 Å². The van der Waals surface area contributed by atoms with E-state index >= 15 is 0 Å². The van der Waals surface area contributed by atoms with Crippen molar-refractivity contribution in [1.29, 1.82) is 0 Å². The average Bonchev–Trinajstić information content (AvgIpc) is 3.15. The van der Waals surface area contributed by atoms with Gasteiger partial charge in [-0.3, -0.25) is 9.68 Å². The lowest BCUT2D eigenvalue weighted by Crippen LogP contribution is -2.18. The van der Waals surface area contributed by atoms with Crippen molar-refractivity contribution in [1.82, 2.24) is 9.78 Å². The Morgan fingerprint density at radius 3 is 2.55 bits per heavy atom. The van der Waals surface area contributed by atoms with Gasteiger partial charge in [-0.1, -0.05) is 24.3 Å². The Labute approximate surface area is 165 Å². The zero-order chi connectivity index (χ0) is 20.8. The number of aromatic nitrogens is 2. The van der Waals surface area contributed by atoms with E-state index in [4.69, 9.17) is 10.5 Å². The Kier molecular flexibility index (Phi) is 6.22. The summed E-state index contributed by atoms with van der Waals surface area (Å²) in [6.45, 7) is -0.209. The van der Waals surface area contributed by atoms with E-state index in [0.29, 0.717) is 17.7 Å². The molecule has 0 saturated carbocycles. The van der Waals surface area contributed by atoms with Crippen LogP contribution in [0.3, 0.4) is 0 Å². The van der Waals surface area contributed by atoms with Crippen LogP contribution >= 0.6 is 0 Å². The molecule has 0 radical (unpaired) electrons. The predicted octanol–water partition coefficient (Wildman–Crippen LogP) is 2.94. The number of phenolic OH excluding ortho intramolecular Hbond substituents is 1. The Balaban J connectivity index is 1.78. The molecule has 2 aromatic carbocycles. The van der Waals surface area contributed by atoms with E-state index in [1.165, 1.54) is 18.2 Å². The van der Waals surface area contributed by atoms with Crippen LogP contribution in [0.15, 0.2) is 54.6 Å². The maximum absolute atomic E-state index is 12.4. The van der Waals surface area contributed by atoms with Crippen molar-refractivity contribution in [3.8, 4) is 22.8 Å². The fourth-order valence-corrected chi connectivity index (χ4v) is 2.84. The third-order valence-electron chi connectivity index (χ3n) is 4.24. The molecule has 0 aliphatic heterocycles. The molecule has 0 aliphatic carbocycles. The molecule has 0 spiro atoms. The molecule has 0 unspecified atom stereocenters. The number of aryl methyl sites for hydroxylation is 1. The van der Waals surface area contributed by atoms with Gasteiger partial charge in [-0.25, -0.2) is 14.7 Å². The summed E-state index contributed by atoms with van der Waals surface area (Å²) in [6.07, 6.45) is 0.580. The van der Waals surface area contributed by atoms with E-state index in [0.717, 1.165) is 10.2 Å². The highest BCUT2D eigenvalue weighted by atomic mass is 17.1. The lowest BCUT2D eigenvalue weighted by atomic mass is 10.1. The fourth-order valence-electron chi connectivity index (χ4n) is 2.84. The van der Waals surface area contributed by atoms with Crippen LogP contribution in [0.2, 0.25) is 0 Å². The van der Waals surface area contributed by atoms with Crippen LogP contribution in [0.4, 0.5) is 0 Å². The molecule has 1 aromatic heterocycles. The van der Waals surface area contributed by atoms with Crippen LogP contribution < -0.4 is 4.89 Å². The minimum atomic E-state index is -1.06. The zero-order valence-electron chi connectivity index (χ0n) is 15.2. The number of benzene rings is 2. The molecule has 0 aliphatic rings. The van der Waals surface area contributed by atoms with Crippen molar-refractivity contribution in [3.05, 3.63) is 65.9 Å². The third-order valence-corrected chi connectivity index (χ3v) is 4.24. The Hall–Kier alpha value is -3.69. The lowest BCUT2D eigenvalue weighted by molar-refractivity contribution is -0.183. The van der Waals surface area contributed by atoms with E-state index in [-0.39, 0.29) is 35.9 Å². The number of phenols is 1. The molecule has 0 fully saturated rings. The number of aromatic hydroxyl groups is 1. The Bertz CT molecular complexity index is 1030. The summed E-state index contributed by atoms with van der Waals surface area (Å²) in [5, 5.41) is 31.3. The van der Waals surface area contributed by atoms with Gasteiger partial charge in [0.25, 0.3) is 0 Å². The van der Waals surface area contributed by atoms with E-state index in [2.05, 4.69) is 14.9 Å². The van der Waals surface area contributed by atoms with Crippen molar-refractivity contribution < 1.29 is 35.0 Å². The van der Waals surface area contributed by atoms with Gasteiger partial charge in [-0.2, -0.15) is 10.4 Å². The van der Waals surface area contributed by atoms with Gasteiger partial charge in [0.1, 0.15) is 12.3 Å².